The molecule has 1 aromatic rings. The van der Waals surface area contributed by atoms with Gasteiger partial charge in [-0.05, 0) is 31.4 Å². The van der Waals surface area contributed by atoms with Crippen molar-refractivity contribution in [2.24, 2.45) is 4.99 Å². The van der Waals surface area contributed by atoms with Crippen molar-refractivity contribution in [2.45, 2.75) is 25.4 Å². The molecular weight excluding hydrogens is 393 g/mol. The number of nitrogens with zero attached hydrogens (tertiary/aromatic N) is 1. The van der Waals surface area contributed by atoms with Crippen LogP contribution in [-0.2, 0) is 4.74 Å². The minimum atomic E-state index is 0. The standard InChI is InChI=1S/C16H25N3O2.HI/c1-17-16(18-10-9-15-8-5-12-20-15)19-11-13-21-14-6-3-2-4-7-14;/h2-4,6-7,15H,5,8-13H2,1H3,(H2,17,18,19);1H. The van der Waals surface area contributed by atoms with Crippen LogP contribution in [0.1, 0.15) is 19.3 Å². The van der Waals surface area contributed by atoms with Crippen LogP contribution in [0.5, 0.6) is 5.75 Å². The van der Waals surface area contributed by atoms with E-state index in [1.165, 1.54) is 12.8 Å². The molecule has 1 saturated heterocycles. The minimum absolute atomic E-state index is 0. The van der Waals surface area contributed by atoms with E-state index in [9.17, 15) is 0 Å². The van der Waals surface area contributed by atoms with Gasteiger partial charge in [0.15, 0.2) is 5.96 Å². The van der Waals surface area contributed by atoms with Crippen LogP contribution in [0, 0.1) is 0 Å². The van der Waals surface area contributed by atoms with Gasteiger partial charge in [0.25, 0.3) is 0 Å². The third kappa shape index (κ3) is 7.31. The summed E-state index contributed by atoms with van der Waals surface area (Å²) in [6.45, 7) is 3.11. The van der Waals surface area contributed by atoms with Gasteiger partial charge in [0, 0.05) is 20.2 Å². The van der Waals surface area contributed by atoms with Crippen LogP contribution in [-0.4, -0.2) is 45.4 Å². The Morgan fingerprint density at radius 2 is 2.05 bits per heavy atom. The number of hydrogen-bond acceptors (Lipinski definition) is 3. The van der Waals surface area contributed by atoms with E-state index in [1.54, 1.807) is 7.05 Å². The number of nitrogens with one attached hydrogen (secondary N) is 2. The summed E-state index contributed by atoms with van der Waals surface area (Å²) in [6, 6.07) is 9.82. The number of halogens is 1. The van der Waals surface area contributed by atoms with E-state index in [2.05, 4.69) is 15.6 Å². The fourth-order valence-electron chi connectivity index (χ4n) is 2.30. The first kappa shape index (κ1) is 19.0. The quantitative estimate of drug-likeness (QED) is 0.309. The van der Waals surface area contributed by atoms with E-state index in [0.29, 0.717) is 19.3 Å². The number of para-hydroxylation sites is 1. The largest absolute Gasteiger partial charge is 0.492 e. The van der Waals surface area contributed by atoms with Crippen molar-refractivity contribution in [2.75, 3.05) is 33.4 Å². The molecule has 0 bridgehead atoms. The number of rotatable bonds is 7. The van der Waals surface area contributed by atoms with Gasteiger partial charge in [-0.3, -0.25) is 4.99 Å². The lowest BCUT2D eigenvalue weighted by atomic mass is 10.2. The fourth-order valence-corrected chi connectivity index (χ4v) is 2.30. The highest BCUT2D eigenvalue weighted by Gasteiger charge is 2.14. The molecule has 1 aliphatic heterocycles. The molecule has 0 radical (unpaired) electrons. The molecule has 0 saturated carbocycles. The highest BCUT2D eigenvalue weighted by Crippen LogP contribution is 2.14. The predicted molar refractivity (Wildman–Crippen MR) is 100 cm³/mol. The van der Waals surface area contributed by atoms with Crippen LogP contribution in [0.15, 0.2) is 35.3 Å². The van der Waals surface area contributed by atoms with Gasteiger partial charge < -0.3 is 20.1 Å². The second-order valence-corrected chi connectivity index (χ2v) is 5.01. The van der Waals surface area contributed by atoms with Gasteiger partial charge in [0.05, 0.1) is 12.6 Å². The van der Waals surface area contributed by atoms with Crippen LogP contribution in [0.25, 0.3) is 0 Å². The molecule has 6 heteroatoms. The SMILES string of the molecule is CN=C(NCCOc1ccccc1)NCCC1CCCO1.I. The maximum Gasteiger partial charge on any atom is 0.191 e. The zero-order valence-electron chi connectivity index (χ0n) is 13.1. The Labute approximate surface area is 149 Å². The molecule has 0 aliphatic carbocycles. The van der Waals surface area contributed by atoms with Crippen molar-refractivity contribution in [3.05, 3.63) is 30.3 Å². The third-order valence-corrected chi connectivity index (χ3v) is 3.41. The molecule has 5 nitrogen and oxygen atoms in total. The topological polar surface area (TPSA) is 54.9 Å². The Morgan fingerprint density at radius 1 is 1.27 bits per heavy atom. The molecule has 0 spiro atoms. The molecule has 1 unspecified atom stereocenters. The lowest BCUT2D eigenvalue weighted by molar-refractivity contribution is 0.105. The maximum atomic E-state index is 5.62. The number of ether oxygens (including phenoxy) is 2. The van der Waals surface area contributed by atoms with E-state index in [0.717, 1.165) is 31.3 Å². The molecule has 1 fully saturated rings. The van der Waals surface area contributed by atoms with E-state index in [-0.39, 0.29) is 24.0 Å². The molecule has 1 atom stereocenters. The van der Waals surface area contributed by atoms with Gasteiger partial charge in [-0.15, -0.1) is 24.0 Å². The van der Waals surface area contributed by atoms with Crippen LogP contribution in [0.4, 0.5) is 0 Å². The first-order valence-electron chi connectivity index (χ1n) is 7.62. The molecule has 22 heavy (non-hydrogen) atoms. The lowest BCUT2D eigenvalue weighted by Crippen LogP contribution is -2.40. The predicted octanol–water partition coefficient (Wildman–Crippen LogP) is 2.42. The van der Waals surface area contributed by atoms with Crippen molar-refractivity contribution >= 4 is 29.9 Å². The Hall–Kier alpha value is -1.02. The summed E-state index contributed by atoms with van der Waals surface area (Å²) in [6.07, 6.45) is 3.81. The summed E-state index contributed by atoms with van der Waals surface area (Å²) in [5.41, 5.74) is 0. The average Bonchev–Trinajstić information content (AvgIpc) is 3.04. The molecule has 2 N–H and O–H groups in total. The molecule has 1 aliphatic rings. The zero-order chi connectivity index (χ0) is 14.8. The lowest BCUT2D eigenvalue weighted by Gasteiger charge is -2.14. The smallest absolute Gasteiger partial charge is 0.191 e. The number of aliphatic imine (C=N–C) groups is 1. The normalized spacial score (nSPS) is 17.7. The number of guanidine groups is 1. The minimum Gasteiger partial charge on any atom is -0.492 e. The van der Waals surface area contributed by atoms with Crippen LogP contribution >= 0.6 is 24.0 Å². The first-order valence-corrected chi connectivity index (χ1v) is 7.62. The van der Waals surface area contributed by atoms with Gasteiger partial charge in [0.1, 0.15) is 12.4 Å². The zero-order valence-corrected chi connectivity index (χ0v) is 15.4. The van der Waals surface area contributed by atoms with Crippen molar-refractivity contribution in [1.82, 2.24) is 10.6 Å². The summed E-state index contributed by atoms with van der Waals surface area (Å²) >= 11 is 0. The highest BCUT2D eigenvalue weighted by atomic mass is 127. The Balaban J connectivity index is 0.00000242. The fraction of sp³-hybridized carbons (Fsp3) is 0.562. The number of benzene rings is 1. The molecule has 2 rings (SSSR count). The molecule has 0 amide bonds. The Morgan fingerprint density at radius 3 is 2.73 bits per heavy atom. The summed E-state index contributed by atoms with van der Waals surface area (Å²) < 4.78 is 11.2. The van der Waals surface area contributed by atoms with E-state index in [4.69, 9.17) is 9.47 Å². The second-order valence-electron chi connectivity index (χ2n) is 5.01. The van der Waals surface area contributed by atoms with Gasteiger partial charge in [-0.2, -0.15) is 0 Å². The van der Waals surface area contributed by atoms with Crippen molar-refractivity contribution in [3.8, 4) is 5.75 Å². The molecule has 1 aromatic carbocycles. The summed E-state index contributed by atoms with van der Waals surface area (Å²) in [5, 5.41) is 6.54. The monoisotopic (exact) mass is 419 g/mol. The van der Waals surface area contributed by atoms with Crippen LogP contribution < -0.4 is 15.4 Å². The van der Waals surface area contributed by atoms with E-state index in [1.807, 2.05) is 30.3 Å². The summed E-state index contributed by atoms with van der Waals surface area (Å²) in [7, 11) is 1.78. The number of hydrogen-bond donors (Lipinski definition) is 2. The van der Waals surface area contributed by atoms with Gasteiger partial charge >= 0.3 is 0 Å². The van der Waals surface area contributed by atoms with Crippen LogP contribution in [0.2, 0.25) is 0 Å². The van der Waals surface area contributed by atoms with Gasteiger partial charge in [0.2, 0.25) is 0 Å². The van der Waals surface area contributed by atoms with Gasteiger partial charge in [-0.1, -0.05) is 18.2 Å². The van der Waals surface area contributed by atoms with Crippen molar-refractivity contribution < 1.29 is 9.47 Å². The average molecular weight is 419 g/mol. The molecule has 0 aromatic heterocycles. The van der Waals surface area contributed by atoms with E-state index < -0.39 is 0 Å². The van der Waals surface area contributed by atoms with Crippen molar-refractivity contribution in [3.63, 3.8) is 0 Å². The van der Waals surface area contributed by atoms with Gasteiger partial charge in [-0.25, -0.2) is 0 Å². The maximum absolute atomic E-state index is 5.62. The second kappa shape index (κ2) is 11.5. The highest BCUT2D eigenvalue weighted by molar-refractivity contribution is 14.0. The molecular formula is C16H26IN3O2. The Kier molecular flexibility index (Phi) is 9.98. The molecule has 1 heterocycles. The van der Waals surface area contributed by atoms with Crippen molar-refractivity contribution in [1.29, 1.82) is 0 Å². The Bertz CT molecular complexity index is 423. The summed E-state index contributed by atoms with van der Waals surface area (Å²) in [5.74, 6) is 1.70. The third-order valence-electron chi connectivity index (χ3n) is 3.41. The summed E-state index contributed by atoms with van der Waals surface area (Å²) in [4.78, 5) is 4.19. The first-order chi connectivity index (χ1) is 10.4. The molecule has 124 valence electrons. The van der Waals surface area contributed by atoms with E-state index >= 15 is 0 Å². The van der Waals surface area contributed by atoms with Crippen LogP contribution in [0.3, 0.4) is 0 Å².